The number of carbonyl (C=O) groups is 1. The number of benzene rings is 4. The molecule has 0 fully saturated rings. The van der Waals surface area contributed by atoms with E-state index in [-0.39, 0.29) is 5.57 Å². The van der Waals surface area contributed by atoms with Gasteiger partial charge in [0, 0.05) is 11.3 Å². The van der Waals surface area contributed by atoms with Gasteiger partial charge in [-0.1, -0.05) is 54.1 Å². The van der Waals surface area contributed by atoms with Gasteiger partial charge in [-0.15, -0.1) is 0 Å². The number of carbonyl (C=O) groups excluding carboxylic acids is 1. The number of nitrogens with one attached hydrogen (secondary N) is 1. The fraction of sp³-hybridized carbons (Fsp3) is 0.161. The standard InChI is InChI=1S/C31H27IN2O3/c1-19-9-12-28(21(3)13-19)34-31(35)24(17-33)14-22-15-27(32)30(29(16-22)36-4)37-18-26-20(2)10-11-23-7-5-6-8-25(23)26/h5-16H,18H2,1-4H3,(H,34,35)/b24-14+. The van der Waals surface area contributed by atoms with Gasteiger partial charge in [-0.2, -0.15) is 5.26 Å². The second kappa shape index (κ2) is 11.5. The highest BCUT2D eigenvalue weighted by atomic mass is 127. The van der Waals surface area contributed by atoms with Crippen LogP contribution < -0.4 is 14.8 Å². The van der Waals surface area contributed by atoms with E-state index in [4.69, 9.17) is 9.47 Å². The molecule has 0 unspecified atom stereocenters. The first kappa shape index (κ1) is 26.2. The quantitative estimate of drug-likeness (QED) is 0.135. The minimum absolute atomic E-state index is 0.00197. The number of fused-ring (bicyclic) bond motifs is 1. The summed E-state index contributed by atoms with van der Waals surface area (Å²) in [6.45, 7) is 6.37. The van der Waals surface area contributed by atoms with Crippen molar-refractivity contribution in [3.05, 3.63) is 104 Å². The zero-order valence-electron chi connectivity index (χ0n) is 21.2. The molecule has 4 aromatic rings. The Labute approximate surface area is 230 Å². The van der Waals surface area contributed by atoms with Gasteiger partial charge in [0.2, 0.25) is 0 Å². The van der Waals surface area contributed by atoms with Crippen LogP contribution in [0.25, 0.3) is 16.8 Å². The van der Waals surface area contributed by atoms with Crippen molar-refractivity contribution in [1.82, 2.24) is 0 Å². The molecule has 0 aliphatic carbocycles. The lowest BCUT2D eigenvalue weighted by molar-refractivity contribution is -0.112. The molecule has 37 heavy (non-hydrogen) atoms. The smallest absolute Gasteiger partial charge is 0.266 e. The first-order valence-electron chi connectivity index (χ1n) is 11.8. The van der Waals surface area contributed by atoms with Crippen molar-refractivity contribution in [1.29, 1.82) is 5.26 Å². The van der Waals surface area contributed by atoms with Gasteiger partial charge in [0.15, 0.2) is 11.5 Å². The van der Waals surface area contributed by atoms with Gasteiger partial charge in [0.25, 0.3) is 5.91 Å². The second-order valence-electron chi connectivity index (χ2n) is 8.85. The van der Waals surface area contributed by atoms with Crippen LogP contribution in [0.5, 0.6) is 11.5 Å². The number of aryl methyl sites for hydroxylation is 3. The molecule has 0 bridgehead atoms. The number of halogens is 1. The Bertz CT molecular complexity index is 1570. The highest BCUT2D eigenvalue weighted by molar-refractivity contribution is 14.1. The van der Waals surface area contributed by atoms with Crippen LogP contribution in [0, 0.1) is 35.7 Å². The Kier molecular flexibility index (Phi) is 8.14. The molecule has 1 amide bonds. The summed E-state index contributed by atoms with van der Waals surface area (Å²) in [7, 11) is 1.58. The van der Waals surface area contributed by atoms with E-state index in [1.807, 2.05) is 56.3 Å². The molecule has 0 aliphatic heterocycles. The van der Waals surface area contributed by atoms with Gasteiger partial charge in [-0.25, -0.2) is 0 Å². The Morgan fingerprint density at radius 3 is 2.54 bits per heavy atom. The summed E-state index contributed by atoms with van der Waals surface area (Å²) in [6, 6.07) is 23.9. The zero-order chi connectivity index (χ0) is 26.5. The van der Waals surface area contributed by atoms with Crippen molar-refractivity contribution in [2.24, 2.45) is 0 Å². The molecule has 0 aliphatic rings. The summed E-state index contributed by atoms with van der Waals surface area (Å²) in [6.07, 6.45) is 1.56. The Balaban J connectivity index is 1.59. The van der Waals surface area contributed by atoms with Crippen LogP contribution in [0.3, 0.4) is 0 Å². The number of nitriles is 1. The molecular weight excluding hydrogens is 575 g/mol. The number of anilines is 1. The summed E-state index contributed by atoms with van der Waals surface area (Å²) >= 11 is 2.19. The largest absolute Gasteiger partial charge is 0.493 e. The van der Waals surface area contributed by atoms with Gasteiger partial charge in [0.1, 0.15) is 18.2 Å². The monoisotopic (exact) mass is 602 g/mol. The van der Waals surface area contributed by atoms with Crippen LogP contribution >= 0.6 is 22.6 Å². The summed E-state index contributed by atoms with van der Waals surface area (Å²) in [4.78, 5) is 12.8. The first-order chi connectivity index (χ1) is 17.8. The number of amides is 1. The maximum Gasteiger partial charge on any atom is 0.266 e. The lowest BCUT2D eigenvalue weighted by Crippen LogP contribution is -2.14. The lowest BCUT2D eigenvalue weighted by Gasteiger charge is -2.16. The SMILES string of the molecule is COc1cc(/C=C(\C#N)C(=O)Nc2ccc(C)cc2C)cc(I)c1OCc1c(C)ccc2ccccc12. The predicted octanol–water partition coefficient (Wildman–Crippen LogP) is 7.50. The van der Waals surface area contributed by atoms with Crippen LogP contribution in [0.2, 0.25) is 0 Å². The molecule has 0 aromatic heterocycles. The molecule has 4 rings (SSSR count). The zero-order valence-corrected chi connectivity index (χ0v) is 23.3. The van der Waals surface area contributed by atoms with Gasteiger partial charge in [0.05, 0.1) is 10.7 Å². The lowest BCUT2D eigenvalue weighted by atomic mass is 10.0. The summed E-state index contributed by atoms with van der Waals surface area (Å²) in [5.41, 5.74) is 5.66. The van der Waals surface area contributed by atoms with Crippen molar-refractivity contribution >= 4 is 51.0 Å². The van der Waals surface area contributed by atoms with Crippen LogP contribution in [-0.4, -0.2) is 13.0 Å². The van der Waals surface area contributed by atoms with E-state index >= 15 is 0 Å². The van der Waals surface area contributed by atoms with Gasteiger partial charge < -0.3 is 14.8 Å². The predicted molar refractivity (Wildman–Crippen MR) is 157 cm³/mol. The Morgan fingerprint density at radius 2 is 1.81 bits per heavy atom. The number of hydrogen-bond acceptors (Lipinski definition) is 4. The summed E-state index contributed by atoms with van der Waals surface area (Å²) in [5, 5.41) is 14.8. The highest BCUT2D eigenvalue weighted by Gasteiger charge is 2.16. The molecule has 186 valence electrons. The third-order valence-corrected chi connectivity index (χ3v) is 6.99. The average molecular weight is 602 g/mol. The minimum Gasteiger partial charge on any atom is -0.493 e. The van der Waals surface area contributed by atoms with Crippen molar-refractivity contribution < 1.29 is 14.3 Å². The van der Waals surface area contributed by atoms with Crippen LogP contribution in [0.15, 0.2) is 72.3 Å². The Hall–Kier alpha value is -3.83. The van der Waals surface area contributed by atoms with Crippen LogP contribution in [0.1, 0.15) is 27.8 Å². The average Bonchev–Trinajstić information content (AvgIpc) is 2.88. The first-order valence-corrected chi connectivity index (χ1v) is 12.9. The molecule has 0 radical (unpaired) electrons. The van der Waals surface area contributed by atoms with E-state index in [2.05, 4.69) is 59.1 Å². The van der Waals surface area contributed by atoms with E-state index in [0.29, 0.717) is 29.4 Å². The molecule has 0 saturated carbocycles. The van der Waals surface area contributed by atoms with E-state index in [0.717, 1.165) is 36.6 Å². The maximum atomic E-state index is 12.8. The molecule has 0 saturated heterocycles. The normalized spacial score (nSPS) is 11.2. The third kappa shape index (κ3) is 5.95. The molecule has 0 atom stereocenters. The van der Waals surface area contributed by atoms with Gasteiger partial charge in [-0.3, -0.25) is 4.79 Å². The van der Waals surface area contributed by atoms with E-state index in [1.54, 1.807) is 19.3 Å². The summed E-state index contributed by atoms with van der Waals surface area (Å²) in [5.74, 6) is 0.684. The van der Waals surface area contributed by atoms with Crippen LogP contribution in [-0.2, 0) is 11.4 Å². The van der Waals surface area contributed by atoms with Crippen molar-refractivity contribution in [2.75, 3.05) is 12.4 Å². The topological polar surface area (TPSA) is 71.3 Å². The third-order valence-electron chi connectivity index (χ3n) is 6.19. The minimum atomic E-state index is -0.463. The number of methoxy groups -OCH3 is 1. The van der Waals surface area contributed by atoms with Crippen molar-refractivity contribution in [3.8, 4) is 17.6 Å². The van der Waals surface area contributed by atoms with E-state index < -0.39 is 5.91 Å². The summed E-state index contributed by atoms with van der Waals surface area (Å²) < 4.78 is 12.7. The fourth-order valence-corrected chi connectivity index (χ4v) is 4.98. The number of ether oxygens (including phenoxy) is 2. The van der Waals surface area contributed by atoms with Gasteiger partial charge in [-0.05, 0) is 95.1 Å². The molecule has 5 nitrogen and oxygen atoms in total. The van der Waals surface area contributed by atoms with Crippen molar-refractivity contribution in [2.45, 2.75) is 27.4 Å². The molecule has 0 heterocycles. The van der Waals surface area contributed by atoms with Gasteiger partial charge >= 0.3 is 0 Å². The van der Waals surface area contributed by atoms with E-state index in [1.165, 1.54) is 0 Å². The fourth-order valence-electron chi connectivity index (χ4n) is 4.20. The Morgan fingerprint density at radius 1 is 1.03 bits per heavy atom. The molecule has 6 heteroatoms. The molecule has 0 spiro atoms. The second-order valence-corrected chi connectivity index (χ2v) is 10.0. The maximum absolute atomic E-state index is 12.8. The van der Waals surface area contributed by atoms with E-state index in [9.17, 15) is 10.1 Å². The molecule has 4 aromatic carbocycles. The molecular formula is C31H27IN2O3. The molecule has 1 N–H and O–H groups in total. The number of rotatable bonds is 7. The number of nitrogens with zero attached hydrogens (tertiary/aromatic N) is 1. The number of hydrogen-bond donors (Lipinski definition) is 1. The van der Waals surface area contributed by atoms with Crippen LogP contribution in [0.4, 0.5) is 5.69 Å². The van der Waals surface area contributed by atoms with Crippen molar-refractivity contribution in [3.63, 3.8) is 0 Å². The highest BCUT2D eigenvalue weighted by Crippen LogP contribution is 2.36.